The highest BCUT2D eigenvalue weighted by Crippen LogP contribution is 2.17. The fourth-order valence-electron chi connectivity index (χ4n) is 1.76. The van der Waals surface area contributed by atoms with Crippen molar-refractivity contribution in [2.75, 3.05) is 0 Å². The topological polar surface area (TPSA) is 46.5 Å². The third-order valence-corrected chi connectivity index (χ3v) is 2.93. The van der Waals surface area contributed by atoms with E-state index < -0.39 is 5.97 Å². The maximum absolute atomic E-state index is 13.3. The molecule has 20 heavy (non-hydrogen) atoms. The molecule has 0 aliphatic heterocycles. The van der Waals surface area contributed by atoms with E-state index >= 15 is 0 Å². The molecule has 0 atom stereocenters. The number of carboxylic acid groups (broad SMARTS) is 1. The minimum absolute atomic E-state index is 0.00428. The summed E-state index contributed by atoms with van der Waals surface area (Å²) in [5, 5.41) is 8.68. The first-order valence-corrected chi connectivity index (χ1v) is 6.23. The number of hydrogen-bond donors (Lipinski definition) is 1. The summed E-state index contributed by atoms with van der Waals surface area (Å²) < 4.78 is 18.8. The summed E-state index contributed by atoms with van der Waals surface area (Å²) in [7, 11) is 0. The fraction of sp³-hybridized carbons (Fsp3) is 0.188. The Labute approximate surface area is 116 Å². The minimum atomic E-state index is -0.857. The predicted octanol–water partition coefficient (Wildman–Crippen LogP) is 3.34. The van der Waals surface area contributed by atoms with Gasteiger partial charge < -0.3 is 9.84 Å². The molecule has 2 aromatic carbocycles. The third kappa shape index (κ3) is 3.82. The van der Waals surface area contributed by atoms with E-state index in [9.17, 15) is 9.18 Å². The van der Waals surface area contributed by atoms with Crippen LogP contribution in [0.3, 0.4) is 0 Å². The minimum Gasteiger partial charge on any atom is -0.489 e. The molecule has 0 aliphatic rings. The summed E-state index contributed by atoms with van der Waals surface area (Å²) in [6.07, 6.45) is 0.00428. The Kier molecular flexibility index (Phi) is 4.35. The average Bonchev–Trinajstić information content (AvgIpc) is 2.41. The highest BCUT2D eigenvalue weighted by atomic mass is 19.1. The van der Waals surface area contributed by atoms with Crippen molar-refractivity contribution in [2.45, 2.75) is 20.0 Å². The largest absolute Gasteiger partial charge is 0.489 e. The van der Waals surface area contributed by atoms with E-state index in [1.54, 1.807) is 31.2 Å². The lowest BCUT2D eigenvalue weighted by Crippen LogP contribution is -2.01. The zero-order valence-electron chi connectivity index (χ0n) is 11.1. The molecule has 2 rings (SSSR count). The molecule has 3 nitrogen and oxygen atoms in total. The van der Waals surface area contributed by atoms with Crippen LogP contribution in [0.25, 0.3) is 0 Å². The van der Waals surface area contributed by atoms with Crippen LogP contribution in [0.2, 0.25) is 0 Å². The molecule has 0 unspecified atom stereocenters. The molecular weight excluding hydrogens is 259 g/mol. The quantitative estimate of drug-likeness (QED) is 0.909. The summed E-state index contributed by atoms with van der Waals surface area (Å²) in [5.74, 6) is -0.675. The van der Waals surface area contributed by atoms with E-state index in [2.05, 4.69) is 0 Å². The van der Waals surface area contributed by atoms with Crippen LogP contribution in [0.15, 0.2) is 42.5 Å². The van der Waals surface area contributed by atoms with Crippen LogP contribution < -0.4 is 4.74 Å². The Morgan fingerprint density at radius 3 is 2.40 bits per heavy atom. The first-order valence-electron chi connectivity index (χ1n) is 6.23. The van der Waals surface area contributed by atoms with Crippen LogP contribution in [0.4, 0.5) is 4.39 Å². The molecule has 0 saturated carbocycles. The molecule has 4 heteroatoms. The van der Waals surface area contributed by atoms with E-state index in [1.807, 2.05) is 12.1 Å². The van der Waals surface area contributed by atoms with Crippen molar-refractivity contribution in [3.8, 4) is 5.75 Å². The van der Waals surface area contributed by atoms with Crippen LogP contribution in [0.1, 0.15) is 16.7 Å². The maximum Gasteiger partial charge on any atom is 0.307 e. The van der Waals surface area contributed by atoms with Gasteiger partial charge in [-0.2, -0.15) is 0 Å². The van der Waals surface area contributed by atoms with Crippen LogP contribution in [0.5, 0.6) is 5.75 Å². The molecule has 0 amide bonds. The lowest BCUT2D eigenvalue weighted by molar-refractivity contribution is -0.136. The summed E-state index contributed by atoms with van der Waals surface area (Å²) in [4.78, 5) is 10.6. The first kappa shape index (κ1) is 14.1. The second-order valence-electron chi connectivity index (χ2n) is 4.59. The summed E-state index contributed by atoms with van der Waals surface area (Å²) in [5.41, 5.74) is 2.22. The number of rotatable bonds is 5. The molecule has 1 N–H and O–H groups in total. The van der Waals surface area contributed by atoms with Gasteiger partial charge >= 0.3 is 5.97 Å². The molecule has 0 saturated heterocycles. The number of ether oxygens (including phenoxy) is 1. The highest BCUT2D eigenvalue weighted by Gasteiger charge is 2.03. The Bertz CT molecular complexity index is 606. The Morgan fingerprint density at radius 2 is 1.80 bits per heavy atom. The third-order valence-electron chi connectivity index (χ3n) is 2.93. The monoisotopic (exact) mass is 274 g/mol. The number of hydrogen-bond acceptors (Lipinski definition) is 2. The van der Waals surface area contributed by atoms with Crippen molar-refractivity contribution in [1.82, 2.24) is 0 Å². The van der Waals surface area contributed by atoms with Crippen molar-refractivity contribution >= 4 is 5.97 Å². The van der Waals surface area contributed by atoms with Crippen molar-refractivity contribution in [3.05, 3.63) is 65.0 Å². The standard InChI is InChI=1S/C16H15FO3/c1-11-2-7-14(9-15(11)17)20-10-13-5-3-12(4-6-13)8-16(18)19/h2-7,9H,8,10H2,1H3,(H,18,19). The molecule has 0 radical (unpaired) electrons. The number of benzene rings is 2. The second-order valence-corrected chi connectivity index (χ2v) is 4.59. The van der Waals surface area contributed by atoms with Crippen molar-refractivity contribution in [1.29, 1.82) is 0 Å². The van der Waals surface area contributed by atoms with Crippen molar-refractivity contribution < 1.29 is 19.0 Å². The molecule has 0 bridgehead atoms. The fourth-order valence-corrected chi connectivity index (χ4v) is 1.76. The van der Waals surface area contributed by atoms with Gasteiger partial charge in [-0.1, -0.05) is 30.3 Å². The van der Waals surface area contributed by atoms with Gasteiger partial charge in [-0.3, -0.25) is 4.79 Å². The lowest BCUT2D eigenvalue weighted by atomic mass is 10.1. The molecule has 0 heterocycles. The average molecular weight is 274 g/mol. The predicted molar refractivity (Wildman–Crippen MR) is 73.3 cm³/mol. The van der Waals surface area contributed by atoms with E-state index in [-0.39, 0.29) is 12.2 Å². The van der Waals surface area contributed by atoms with Crippen molar-refractivity contribution in [3.63, 3.8) is 0 Å². The van der Waals surface area contributed by atoms with Gasteiger partial charge in [0.15, 0.2) is 0 Å². The number of aryl methyl sites for hydroxylation is 1. The Morgan fingerprint density at radius 1 is 1.15 bits per heavy atom. The molecule has 2 aromatic rings. The van der Waals surface area contributed by atoms with Gasteiger partial charge in [-0.05, 0) is 29.7 Å². The van der Waals surface area contributed by atoms with Crippen LogP contribution in [0, 0.1) is 12.7 Å². The Balaban J connectivity index is 1.96. The van der Waals surface area contributed by atoms with Gasteiger partial charge in [0.2, 0.25) is 0 Å². The molecular formula is C16H15FO3. The molecule has 0 aromatic heterocycles. The zero-order chi connectivity index (χ0) is 14.5. The number of aliphatic carboxylic acids is 1. The van der Waals surface area contributed by atoms with Gasteiger partial charge in [0, 0.05) is 6.07 Å². The summed E-state index contributed by atoms with van der Waals surface area (Å²) in [6, 6.07) is 11.9. The zero-order valence-corrected chi connectivity index (χ0v) is 11.1. The van der Waals surface area contributed by atoms with Crippen LogP contribution >= 0.6 is 0 Å². The smallest absolute Gasteiger partial charge is 0.307 e. The van der Waals surface area contributed by atoms with Crippen LogP contribution in [-0.2, 0) is 17.8 Å². The molecule has 0 spiro atoms. The highest BCUT2D eigenvalue weighted by molar-refractivity contribution is 5.70. The second kappa shape index (κ2) is 6.19. The van der Waals surface area contributed by atoms with E-state index in [4.69, 9.17) is 9.84 Å². The summed E-state index contributed by atoms with van der Waals surface area (Å²) in [6.45, 7) is 2.01. The molecule has 104 valence electrons. The number of carbonyl (C=O) groups is 1. The van der Waals surface area contributed by atoms with Crippen molar-refractivity contribution in [2.24, 2.45) is 0 Å². The SMILES string of the molecule is Cc1ccc(OCc2ccc(CC(=O)O)cc2)cc1F. The molecule has 0 aliphatic carbocycles. The van der Waals surface area contributed by atoms with Gasteiger partial charge in [0.05, 0.1) is 6.42 Å². The van der Waals surface area contributed by atoms with Gasteiger partial charge in [-0.25, -0.2) is 4.39 Å². The van der Waals surface area contributed by atoms with Gasteiger partial charge in [0.25, 0.3) is 0 Å². The van der Waals surface area contributed by atoms with Gasteiger partial charge in [-0.15, -0.1) is 0 Å². The lowest BCUT2D eigenvalue weighted by Gasteiger charge is -2.07. The molecule has 0 fully saturated rings. The normalized spacial score (nSPS) is 10.3. The van der Waals surface area contributed by atoms with E-state index in [0.29, 0.717) is 17.9 Å². The van der Waals surface area contributed by atoms with Gasteiger partial charge in [0.1, 0.15) is 18.2 Å². The number of carboxylic acids is 1. The number of halogens is 1. The first-order chi connectivity index (χ1) is 9.54. The van der Waals surface area contributed by atoms with E-state index in [0.717, 1.165) is 11.1 Å². The van der Waals surface area contributed by atoms with E-state index in [1.165, 1.54) is 6.07 Å². The summed E-state index contributed by atoms with van der Waals surface area (Å²) >= 11 is 0. The van der Waals surface area contributed by atoms with Crippen LogP contribution in [-0.4, -0.2) is 11.1 Å². The maximum atomic E-state index is 13.3. The Hall–Kier alpha value is -2.36.